The molecule has 3 heterocycles. The maximum Gasteiger partial charge on any atom is 0.323 e. The number of aromatic nitrogens is 5. The molecule has 1 unspecified atom stereocenters. The van der Waals surface area contributed by atoms with Crippen LogP contribution in [0, 0.1) is 32.1 Å². The molecule has 19 heteroatoms. The van der Waals surface area contributed by atoms with E-state index < -0.39 is 22.0 Å². The first kappa shape index (κ1) is 37.7. The monoisotopic (exact) mass is 746 g/mol. The third kappa shape index (κ3) is 8.48. The van der Waals surface area contributed by atoms with Gasteiger partial charge in [0.25, 0.3) is 0 Å². The second-order valence-corrected chi connectivity index (χ2v) is 14.4. The minimum absolute atomic E-state index is 0.0164. The van der Waals surface area contributed by atoms with E-state index in [2.05, 4.69) is 73.9 Å². The second kappa shape index (κ2) is 16.2. The number of azo groups is 1. The number of thiazole rings is 1. The van der Waals surface area contributed by atoms with Gasteiger partial charge in [0, 0.05) is 33.0 Å². The van der Waals surface area contributed by atoms with Crippen LogP contribution >= 0.6 is 11.3 Å². The number of ether oxygens (including phenoxy) is 2. The highest BCUT2D eigenvalue weighted by molar-refractivity contribution is 7.89. The number of hydrogen-bond acceptors (Lipinski definition) is 16. The third-order valence-corrected chi connectivity index (χ3v) is 10.2. The maximum absolute atomic E-state index is 12.9. The lowest BCUT2D eigenvalue weighted by Crippen LogP contribution is -2.39. The van der Waals surface area contributed by atoms with Crippen molar-refractivity contribution in [1.82, 2.24) is 29.5 Å². The Labute approximate surface area is 304 Å². The average Bonchev–Trinajstić information content (AvgIpc) is 3.74. The lowest BCUT2D eigenvalue weighted by molar-refractivity contribution is -0.142. The zero-order chi connectivity index (χ0) is 37.6. The molecule has 0 spiro atoms. The quantitative estimate of drug-likeness (QED) is 0.0586. The molecule has 0 aliphatic carbocycles. The highest BCUT2D eigenvalue weighted by atomic mass is 32.2. The summed E-state index contributed by atoms with van der Waals surface area (Å²) >= 11 is 1.23. The summed E-state index contributed by atoms with van der Waals surface area (Å²) in [6, 6.07) is 9.55. The topological polar surface area (TPSA) is 223 Å². The van der Waals surface area contributed by atoms with Crippen LogP contribution in [-0.2, 0) is 24.3 Å². The molecule has 5 rings (SSSR count). The summed E-state index contributed by atoms with van der Waals surface area (Å²) in [6.07, 6.45) is 2.17. The van der Waals surface area contributed by atoms with Crippen molar-refractivity contribution in [2.75, 3.05) is 50.4 Å². The van der Waals surface area contributed by atoms with Gasteiger partial charge in [0.2, 0.25) is 26.9 Å². The molecule has 1 atom stereocenters. The lowest BCUT2D eigenvalue weighted by atomic mass is 10.1. The molecular weight excluding hydrogens is 709 g/mol. The van der Waals surface area contributed by atoms with Crippen LogP contribution in [0.3, 0.4) is 0 Å². The number of carbonyl (C=O) groups is 1. The Bertz CT molecular complexity index is 2270. The van der Waals surface area contributed by atoms with Gasteiger partial charge in [-0.05, 0) is 63.4 Å². The number of nitriles is 1. The molecule has 2 aromatic carbocycles. The van der Waals surface area contributed by atoms with Crippen molar-refractivity contribution in [1.29, 1.82) is 5.26 Å². The molecule has 0 saturated carbocycles. The van der Waals surface area contributed by atoms with Gasteiger partial charge >= 0.3 is 5.97 Å². The molecule has 0 aliphatic heterocycles. The van der Waals surface area contributed by atoms with Crippen LogP contribution in [0.4, 0.5) is 34.8 Å². The summed E-state index contributed by atoms with van der Waals surface area (Å²) in [4.78, 5) is 25.5. The summed E-state index contributed by atoms with van der Waals surface area (Å²) < 4.78 is 40.0. The van der Waals surface area contributed by atoms with Crippen molar-refractivity contribution in [3.63, 3.8) is 0 Å². The van der Waals surface area contributed by atoms with Crippen LogP contribution in [0.1, 0.15) is 35.6 Å². The van der Waals surface area contributed by atoms with Gasteiger partial charge in [0.15, 0.2) is 17.3 Å². The number of methoxy groups -OCH3 is 2. The molecule has 0 amide bonds. The number of rotatable bonds is 15. The van der Waals surface area contributed by atoms with Crippen molar-refractivity contribution < 1.29 is 22.7 Å². The molecule has 0 saturated heterocycles. The van der Waals surface area contributed by atoms with Gasteiger partial charge in [-0.2, -0.15) is 20.0 Å². The van der Waals surface area contributed by atoms with Gasteiger partial charge in [-0.15, -0.1) is 15.3 Å². The lowest BCUT2D eigenvalue weighted by Gasteiger charge is -2.17. The second-order valence-electron chi connectivity index (χ2n) is 11.6. The van der Waals surface area contributed by atoms with Gasteiger partial charge in [-0.1, -0.05) is 29.0 Å². The fourth-order valence-electron chi connectivity index (χ4n) is 5.19. The third-order valence-electron chi connectivity index (χ3n) is 7.65. The van der Waals surface area contributed by atoms with Crippen molar-refractivity contribution in [3.8, 4) is 11.2 Å². The Morgan fingerprint density at radius 3 is 2.48 bits per heavy atom. The number of sulfonamides is 1. The summed E-state index contributed by atoms with van der Waals surface area (Å²) in [5.74, 6) is 0.414. The van der Waals surface area contributed by atoms with Crippen LogP contribution in [0.5, 0.6) is 0 Å². The number of aryl methyl sites for hydroxylation is 3. The van der Waals surface area contributed by atoms with E-state index in [0.717, 1.165) is 22.4 Å². The minimum atomic E-state index is -4.06. The van der Waals surface area contributed by atoms with Gasteiger partial charge < -0.3 is 25.4 Å². The molecule has 0 bridgehead atoms. The predicted molar refractivity (Wildman–Crippen MR) is 198 cm³/mol. The Morgan fingerprint density at radius 2 is 1.81 bits per heavy atom. The fraction of sp³-hybridized carbons (Fsp3) is 0.333. The molecule has 52 heavy (non-hydrogen) atoms. The number of hydrogen-bond donors (Lipinski definition) is 4. The van der Waals surface area contributed by atoms with Crippen LogP contribution < -0.4 is 20.7 Å². The first-order chi connectivity index (χ1) is 24.9. The van der Waals surface area contributed by atoms with E-state index in [4.69, 9.17) is 4.74 Å². The van der Waals surface area contributed by atoms with E-state index in [1.165, 1.54) is 48.4 Å². The first-order valence-corrected chi connectivity index (χ1v) is 18.3. The first-order valence-electron chi connectivity index (χ1n) is 16.0. The van der Waals surface area contributed by atoms with Gasteiger partial charge in [-0.3, -0.25) is 4.79 Å². The molecule has 3 aromatic heterocycles. The summed E-state index contributed by atoms with van der Waals surface area (Å²) in [7, 11) is 0.464. The van der Waals surface area contributed by atoms with Crippen LogP contribution in [0.2, 0.25) is 0 Å². The molecule has 5 aromatic rings. The van der Waals surface area contributed by atoms with Crippen molar-refractivity contribution >= 4 is 72.3 Å². The summed E-state index contributed by atoms with van der Waals surface area (Å²) in [5, 5.41) is 33.5. The normalized spacial score (nSPS) is 12.2. The van der Waals surface area contributed by atoms with Crippen molar-refractivity contribution in [2.24, 2.45) is 10.2 Å². The number of carbonyl (C=O) groups excluding carboxylic acids is 1. The average molecular weight is 747 g/mol. The smallest absolute Gasteiger partial charge is 0.323 e. The maximum atomic E-state index is 12.9. The number of nitrogens with one attached hydrogen (secondary N) is 4. The zero-order valence-electron chi connectivity index (χ0n) is 29.6. The molecule has 0 fully saturated rings. The SMILES string of the molecule is CNc1nc(NCCCOC)c(N=Nc2nn(-c3nc4cc(S(=O)(=O)NC(C)C(=O)OC)ccc4s3)cc2C#N)c(Nc2c(C)cc(C)cc2C)n1. The van der Waals surface area contributed by atoms with Crippen LogP contribution in [0.15, 0.2) is 51.7 Å². The van der Waals surface area contributed by atoms with Crippen molar-refractivity contribution in [3.05, 3.63) is 58.8 Å². The van der Waals surface area contributed by atoms with E-state index in [1.54, 1.807) is 20.2 Å². The van der Waals surface area contributed by atoms with E-state index in [-0.39, 0.29) is 22.0 Å². The van der Waals surface area contributed by atoms with Gasteiger partial charge in [0.05, 0.1) is 28.4 Å². The highest BCUT2D eigenvalue weighted by Crippen LogP contribution is 2.37. The molecule has 4 N–H and O–H groups in total. The summed E-state index contributed by atoms with van der Waals surface area (Å²) in [5.41, 5.74) is 4.78. The Kier molecular flexibility index (Phi) is 11.7. The molecule has 0 radical (unpaired) electrons. The molecule has 0 aliphatic rings. The largest absolute Gasteiger partial charge is 0.468 e. The van der Waals surface area contributed by atoms with Crippen LogP contribution in [0.25, 0.3) is 15.3 Å². The standard InChI is InChI=1S/C33H38N12O5S2/c1-18-13-19(2)26(20(3)14-18)38-30-27(29(36-11-8-12-49-6)39-32(35-5)40-30)41-42-28-22(16-34)17-45(43-28)33-37-24-15-23(9-10-25(24)51-33)52(47,48)44-21(4)31(46)50-7/h9-10,13-15,17,21,44H,8,11-12H2,1-7H3,(H3,35,36,38,39,40). The van der Waals surface area contributed by atoms with E-state index in [9.17, 15) is 18.5 Å². The number of esters is 1. The molecule has 17 nitrogen and oxygen atoms in total. The number of anilines is 4. The van der Waals surface area contributed by atoms with Crippen molar-refractivity contribution in [2.45, 2.75) is 45.1 Å². The number of nitrogens with zero attached hydrogens (tertiary/aromatic N) is 8. The highest BCUT2D eigenvalue weighted by Gasteiger charge is 2.24. The fourth-order valence-corrected chi connectivity index (χ4v) is 7.27. The van der Waals surface area contributed by atoms with Gasteiger partial charge in [0.1, 0.15) is 17.7 Å². The summed E-state index contributed by atoms with van der Waals surface area (Å²) in [6.45, 7) is 8.49. The number of benzene rings is 2. The Morgan fingerprint density at radius 1 is 1.08 bits per heavy atom. The minimum Gasteiger partial charge on any atom is -0.468 e. The van der Waals surface area contributed by atoms with E-state index >= 15 is 0 Å². The Hall–Kier alpha value is -5.55. The van der Waals surface area contributed by atoms with Gasteiger partial charge in [-0.25, -0.2) is 18.1 Å². The predicted octanol–water partition coefficient (Wildman–Crippen LogP) is 5.56. The van der Waals surface area contributed by atoms with E-state index in [1.807, 2.05) is 20.8 Å². The molecule has 272 valence electrons. The van der Waals surface area contributed by atoms with Crippen LogP contribution in [-0.4, -0.2) is 79.6 Å². The van der Waals surface area contributed by atoms with E-state index in [0.29, 0.717) is 52.5 Å². The number of fused-ring (bicyclic) bond motifs is 1. The molecular formula is C33H38N12O5S2. The zero-order valence-corrected chi connectivity index (χ0v) is 31.2. The Balaban J connectivity index is 1.51.